The van der Waals surface area contributed by atoms with Crippen LogP contribution in [0.5, 0.6) is 11.5 Å². The Bertz CT molecular complexity index is 3180. The quantitative estimate of drug-likeness (QED) is 0.0214. The van der Waals surface area contributed by atoms with Crippen LogP contribution in [0.3, 0.4) is 0 Å². The molecule has 0 radical (unpaired) electrons. The number of carbonyl (C=O) groups excluding carboxylic acids is 5. The Morgan fingerprint density at radius 3 is 1.35 bits per heavy atom. The second kappa shape index (κ2) is 30.3. The third-order valence-electron chi connectivity index (χ3n) is 12.9. The van der Waals surface area contributed by atoms with Crippen molar-refractivity contribution in [2.24, 2.45) is 5.73 Å². The molecule has 2 aliphatic carbocycles. The highest BCUT2D eigenvalue weighted by Crippen LogP contribution is 2.38. The number of alkyl halides is 6. The number of anilines is 6. The number of carbonyl (C=O) groups is 5. The number of nitrogens with two attached hydrogens (primary N) is 1. The number of benzene rings is 4. The molecular formula is C58H64F6N10O10. The third kappa shape index (κ3) is 19.5. The van der Waals surface area contributed by atoms with Gasteiger partial charge in [0.2, 0.25) is 17.8 Å². The molecule has 26 heteroatoms. The molecule has 84 heavy (non-hydrogen) atoms. The molecule has 1 amide bonds. The fourth-order valence-corrected chi connectivity index (χ4v) is 8.85. The number of esters is 4. The Morgan fingerprint density at radius 1 is 0.560 bits per heavy atom. The zero-order valence-corrected chi connectivity index (χ0v) is 46.5. The SMILES string of the molecule is CC(=O)OC(C)=O.COc1cc(C(=O)OCc2ccccc2)ccc1Nc1ncc(C(F)(F)F)c(N[C@@H]2CCCC[C@H]2N)n1.COc1cc(C(=O)OCc2ccccc2)ccc1Nc1ncc(C(F)(F)F)c(N[C@@H]2CCCC[C@H]2NC(C)=O)n1. The lowest BCUT2D eigenvalue weighted by molar-refractivity contribution is -0.156. The van der Waals surface area contributed by atoms with Gasteiger partial charge in [-0.3, -0.25) is 14.4 Å². The van der Waals surface area contributed by atoms with E-state index in [1.807, 2.05) is 60.7 Å². The van der Waals surface area contributed by atoms with Gasteiger partial charge in [0.25, 0.3) is 0 Å². The Balaban J connectivity index is 0.000000242. The number of ether oxygens (including phenoxy) is 5. The van der Waals surface area contributed by atoms with E-state index in [1.54, 1.807) is 6.07 Å². The molecule has 8 rings (SSSR count). The minimum absolute atomic E-state index is 0.0717. The molecule has 0 bridgehead atoms. The topological polar surface area (TPSA) is 269 Å². The zero-order valence-electron chi connectivity index (χ0n) is 46.5. The molecule has 20 nitrogen and oxygen atoms in total. The summed E-state index contributed by atoms with van der Waals surface area (Å²) in [6.07, 6.45) is -1.81. The second-order valence-electron chi connectivity index (χ2n) is 19.2. The van der Waals surface area contributed by atoms with Gasteiger partial charge in [-0.15, -0.1) is 0 Å². The molecule has 2 fully saturated rings. The number of rotatable bonds is 17. The average molecular weight is 1180 g/mol. The summed E-state index contributed by atoms with van der Waals surface area (Å²) in [6, 6.07) is 26.1. The molecule has 2 saturated carbocycles. The lowest BCUT2D eigenvalue weighted by Crippen LogP contribution is -2.48. The maximum absolute atomic E-state index is 13.8. The summed E-state index contributed by atoms with van der Waals surface area (Å²) in [4.78, 5) is 72.2. The van der Waals surface area contributed by atoms with E-state index in [2.05, 4.69) is 51.3 Å². The van der Waals surface area contributed by atoms with E-state index < -0.39 is 59.2 Å². The molecule has 4 aromatic carbocycles. The lowest BCUT2D eigenvalue weighted by atomic mass is 9.90. The van der Waals surface area contributed by atoms with Crippen LogP contribution in [0.4, 0.5) is 61.2 Å². The van der Waals surface area contributed by atoms with E-state index in [1.165, 1.54) is 65.3 Å². The molecule has 448 valence electrons. The van der Waals surface area contributed by atoms with Crippen molar-refractivity contribution in [3.8, 4) is 11.5 Å². The van der Waals surface area contributed by atoms with Gasteiger partial charge in [-0.2, -0.15) is 36.3 Å². The van der Waals surface area contributed by atoms with E-state index in [-0.39, 0.29) is 77.6 Å². The van der Waals surface area contributed by atoms with E-state index in [9.17, 15) is 50.3 Å². The van der Waals surface area contributed by atoms with Gasteiger partial charge in [-0.05, 0) is 73.2 Å². The number of amides is 1. The fourth-order valence-electron chi connectivity index (χ4n) is 8.85. The number of halogens is 6. The predicted octanol–water partition coefficient (Wildman–Crippen LogP) is 10.8. The van der Waals surface area contributed by atoms with Gasteiger partial charge in [0, 0.05) is 57.3 Å². The maximum atomic E-state index is 13.8. The molecule has 0 spiro atoms. The molecule has 2 aromatic heterocycles. The van der Waals surface area contributed by atoms with Crippen LogP contribution < -0.4 is 41.8 Å². The van der Waals surface area contributed by atoms with Crippen molar-refractivity contribution < 1.29 is 74.0 Å². The van der Waals surface area contributed by atoms with Gasteiger partial charge in [-0.25, -0.2) is 19.6 Å². The highest BCUT2D eigenvalue weighted by Gasteiger charge is 2.38. The number of aromatic nitrogens is 4. The van der Waals surface area contributed by atoms with E-state index >= 15 is 0 Å². The van der Waals surface area contributed by atoms with Crippen molar-refractivity contribution >= 4 is 64.7 Å². The van der Waals surface area contributed by atoms with Crippen LogP contribution >= 0.6 is 0 Å². The first-order chi connectivity index (χ1) is 40.0. The minimum atomic E-state index is -4.70. The highest BCUT2D eigenvalue weighted by atomic mass is 19.4. The van der Waals surface area contributed by atoms with Crippen LogP contribution in [0.2, 0.25) is 0 Å². The number of methoxy groups -OCH3 is 2. The maximum Gasteiger partial charge on any atom is 0.421 e. The van der Waals surface area contributed by atoms with E-state index in [0.29, 0.717) is 36.8 Å². The second-order valence-corrected chi connectivity index (χ2v) is 19.2. The average Bonchev–Trinajstić information content (AvgIpc) is 3.66. The first-order valence-electron chi connectivity index (χ1n) is 26.5. The van der Waals surface area contributed by atoms with Crippen LogP contribution in [0, 0.1) is 0 Å². The number of nitrogens with zero attached hydrogens (tertiary/aromatic N) is 4. The standard InChI is InChI=1S/C28H30F3N5O4.C26H28F3N5O3.C4H6O3/c1-17(37)33-21-10-6-7-11-22(21)34-25-20(28(29,30)31)15-32-27(36-25)35-23-13-12-19(14-24(23)39-2)26(38)40-16-18-8-4-3-5-9-18;1-36-22-13-17(24(35)37-15-16-7-3-2-4-8-16)11-12-21(22)33-25-31-14-18(26(27,28)29)23(34-25)32-20-10-6-5-9-19(20)30;1-3(5)7-4(2)6/h3-5,8-9,12-15,21-22H,6-7,10-11,16H2,1-2H3,(H,33,37)(H2,32,34,35,36);2-4,7-8,11-14,19-20H,5-6,9-10,15,30H2,1H3,(H2,31,32,33,34);1-2H3/t21-,22-;19-,20-;/m11./s1. The molecule has 2 aliphatic rings. The fraction of sp³-hybridized carbons (Fsp3) is 0.362. The molecule has 2 heterocycles. The smallest absolute Gasteiger partial charge is 0.421 e. The molecular weight excluding hydrogens is 1110 g/mol. The zero-order chi connectivity index (χ0) is 61.0. The van der Waals surface area contributed by atoms with Gasteiger partial charge in [0.05, 0.1) is 36.7 Å². The summed E-state index contributed by atoms with van der Waals surface area (Å²) in [5.74, 6) is -2.90. The van der Waals surface area contributed by atoms with Gasteiger partial charge in [0.15, 0.2) is 0 Å². The molecule has 7 N–H and O–H groups in total. The van der Waals surface area contributed by atoms with E-state index in [4.69, 9.17) is 24.7 Å². The monoisotopic (exact) mass is 1170 g/mol. The van der Waals surface area contributed by atoms with Crippen LogP contribution in [-0.2, 0) is 54.2 Å². The number of hydrogen-bond acceptors (Lipinski definition) is 19. The molecule has 6 aromatic rings. The summed E-state index contributed by atoms with van der Waals surface area (Å²) in [5, 5.41) is 14.3. The van der Waals surface area contributed by atoms with Crippen LogP contribution in [0.1, 0.15) is 115 Å². The molecule has 0 aliphatic heterocycles. The van der Waals surface area contributed by atoms with Crippen LogP contribution in [0.15, 0.2) is 109 Å². The first kappa shape index (κ1) is 64.1. The van der Waals surface area contributed by atoms with Crippen molar-refractivity contribution in [2.45, 2.75) is 122 Å². The van der Waals surface area contributed by atoms with Gasteiger partial charge in [-0.1, -0.05) is 86.3 Å². The Hall–Kier alpha value is -9.07. The minimum Gasteiger partial charge on any atom is -0.495 e. The van der Waals surface area contributed by atoms with Crippen LogP contribution in [-0.4, -0.2) is 88.1 Å². The lowest BCUT2D eigenvalue weighted by Gasteiger charge is -2.33. The number of nitrogens with one attached hydrogen (secondary N) is 5. The summed E-state index contributed by atoms with van der Waals surface area (Å²) >= 11 is 0. The molecule has 4 atom stereocenters. The summed E-state index contributed by atoms with van der Waals surface area (Å²) in [7, 11) is 2.80. The Kier molecular flexibility index (Phi) is 23.1. The predicted molar refractivity (Wildman–Crippen MR) is 298 cm³/mol. The van der Waals surface area contributed by atoms with Crippen LogP contribution in [0.25, 0.3) is 0 Å². The molecule has 0 unspecified atom stereocenters. The van der Waals surface area contributed by atoms with E-state index in [0.717, 1.165) is 49.4 Å². The Labute approximate surface area is 480 Å². The van der Waals surface area contributed by atoms with Gasteiger partial charge >= 0.3 is 36.2 Å². The van der Waals surface area contributed by atoms with Crippen molar-refractivity contribution in [1.82, 2.24) is 25.3 Å². The van der Waals surface area contributed by atoms with Gasteiger partial charge < -0.3 is 56.0 Å². The van der Waals surface area contributed by atoms with Crippen molar-refractivity contribution in [3.63, 3.8) is 0 Å². The molecule has 0 saturated heterocycles. The number of hydrogen-bond donors (Lipinski definition) is 6. The first-order valence-corrected chi connectivity index (χ1v) is 26.5. The summed E-state index contributed by atoms with van der Waals surface area (Å²) < 4.78 is 108. The largest absolute Gasteiger partial charge is 0.495 e. The normalized spacial score (nSPS) is 16.5. The third-order valence-corrected chi connectivity index (χ3v) is 12.9. The van der Waals surface area contributed by atoms with Crippen molar-refractivity contribution in [3.05, 3.63) is 143 Å². The van der Waals surface area contributed by atoms with Crippen molar-refractivity contribution in [2.75, 3.05) is 35.5 Å². The highest BCUT2D eigenvalue weighted by molar-refractivity contribution is 5.92. The Morgan fingerprint density at radius 2 is 0.964 bits per heavy atom. The summed E-state index contributed by atoms with van der Waals surface area (Å²) in [6.45, 7) is 3.95. The summed E-state index contributed by atoms with van der Waals surface area (Å²) in [5.41, 5.74) is 6.99. The van der Waals surface area contributed by atoms with Gasteiger partial charge in [0.1, 0.15) is 47.5 Å². The van der Waals surface area contributed by atoms with Crippen molar-refractivity contribution in [1.29, 1.82) is 0 Å².